The Hall–Kier alpha value is -0.570. The number of carbonyl (C=O) groups is 1. The van der Waals surface area contributed by atoms with E-state index in [2.05, 4.69) is 0 Å². The van der Waals surface area contributed by atoms with E-state index in [9.17, 15) is 4.79 Å². The summed E-state index contributed by atoms with van der Waals surface area (Å²) in [4.78, 5) is 13.7. The van der Waals surface area contributed by atoms with Gasteiger partial charge in [-0.25, -0.2) is 0 Å². The highest BCUT2D eigenvalue weighted by molar-refractivity contribution is 5.81. The Bertz CT molecular complexity index is 231. The van der Waals surface area contributed by atoms with E-state index in [1.165, 1.54) is 32.1 Å². The molecule has 1 amide bonds. The molecule has 2 fully saturated rings. The molecule has 2 rings (SSSR count). The number of hydrogen-bond acceptors (Lipinski definition) is 2. The van der Waals surface area contributed by atoms with Crippen LogP contribution in [0.5, 0.6) is 0 Å². The molecular formula is C11H20N2O. The molecule has 14 heavy (non-hydrogen) atoms. The highest BCUT2D eigenvalue weighted by Gasteiger charge is 2.41. The van der Waals surface area contributed by atoms with Gasteiger partial charge in [0.25, 0.3) is 0 Å². The van der Waals surface area contributed by atoms with Crippen molar-refractivity contribution < 1.29 is 4.79 Å². The van der Waals surface area contributed by atoms with E-state index >= 15 is 0 Å². The maximum atomic E-state index is 11.7. The van der Waals surface area contributed by atoms with E-state index in [0.717, 1.165) is 13.1 Å². The van der Waals surface area contributed by atoms with Crippen molar-refractivity contribution in [1.82, 2.24) is 4.90 Å². The number of rotatable bonds is 1. The summed E-state index contributed by atoms with van der Waals surface area (Å²) in [5.41, 5.74) is 6.09. The van der Waals surface area contributed by atoms with Crippen molar-refractivity contribution in [3.8, 4) is 0 Å². The quantitative estimate of drug-likeness (QED) is 0.683. The molecule has 1 saturated heterocycles. The average Bonchev–Trinajstić information content (AvgIpc) is 2.76. The third kappa shape index (κ3) is 1.65. The second-order valence-corrected chi connectivity index (χ2v) is 5.01. The first-order chi connectivity index (χ1) is 6.63. The molecule has 1 spiro atoms. The highest BCUT2D eigenvalue weighted by atomic mass is 16.2. The maximum Gasteiger partial charge on any atom is 0.239 e. The molecule has 2 N–H and O–H groups in total. The number of amides is 1. The predicted molar refractivity (Wildman–Crippen MR) is 55.7 cm³/mol. The first kappa shape index (κ1) is 9.97. The molecule has 1 aliphatic heterocycles. The molecule has 2 aliphatic rings. The van der Waals surface area contributed by atoms with Crippen LogP contribution in [0.2, 0.25) is 0 Å². The molecular weight excluding hydrogens is 176 g/mol. The molecule has 1 aliphatic carbocycles. The Morgan fingerprint density at radius 1 is 1.36 bits per heavy atom. The van der Waals surface area contributed by atoms with Crippen LogP contribution in [0.4, 0.5) is 0 Å². The minimum atomic E-state index is -0.327. The van der Waals surface area contributed by atoms with E-state index < -0.39 is 0 Å². The van der Waals surface area contributed by atoms with Crippen LogP contribution in [-0.4, -0.2) is 29.9 Å². The van der Waals surface area contributed by atoms with Crippen LogP contribution in [-0.2, 0) is 4.79 Å². The monoisotopic (exact) mass is 196 g/mol. The topological polar surface area (TPSA) is 46.3 Å². The molecule has 0 aromatic rings. The van der Waals surface area contributed by atoms with Gasteiger partial charge in [-0.15, -0.1) is 0 Å². The van der Waals surface area contributed by atoms with Crippen LogP contribution in [0.25, 0.3) is 0 Å². The smallest absolute Gasteiger partial charge is 0.239 e. The molecule has 1 saturated carbocycles. The zero-order valence-corrected chi connectivity index (χ0v) is 8.96. The van der Waals surface area contributed by atoms with Crippen molar-refractivity contribution in [3.05, 3.63) is 0 Å². The molecule has 0 aromatic carbocycles. The summed E-state index contributed by atoms with van der Waals surface area (Å²) in [6, 6.07) is -0.327. The number of carbonyl (C=O) groups excluding carboxylic acids is 1. The molecule has 0 radical (unpaired) electrons. The van der Waals surface area contributed by atoms with Crippen LogP contribution >= 0.6 is 0 Å². The summed E-state index contributed by atoms with van der Waals surface area (Å²) in [5.74, 6) is 0.133. The first-order valence-electron chi connectivity index (χ1n) is 5.67. The van der Waals surface area contributed by atoms with Gasteiger partial charge in [-0.3, -0.25) is 4.79 Å². The molecule has 1 heterocycles. The van der Waals surface area contributed by atoms with Crippen molar-refractivity contribution in [2.45, 2.75) is 45.1 Å². The minimum absolute atomic E-state index is 0.133. The van der Waals surface area contributed by atoms with Gasteiger partial charge in [-0.2, -0.15) is 0 Å². The van der Waals surface area contributed by atoms with E-state index in [1.807, 2.05) is 4.90 Å². The zero-order chi connectivity index (χ0) is 10.2. The number of nitrogens with two attached hydrogens (primary N) is 1. The van der Waals surface area contributed by atoms with Crippen LogP contribution < -0.4 is 5.73 Å². The normalized spacial score (nSPS) is 27.1. The number of hydrogen-bond donors (Lipinski definition) is 1. The van der Waals surface area contributed by atoms with Crippen molar-refractivity contribution in [2.24, 2.45) is 11.1 Å². The molecule has 3 heteroatoms. The van der Waals surface area contributed by atoms with Crippen LogP contribution in [0.15, 0.2) is 0 Å². The van der Waals surface area contributed by atoms with Crippen LogP contribution in [0.1, 0.15) is 39.0 Å². The Morgan fingerprint density at radius 3 is 2.57 bits per heavy atom. The molecule has 0 aromatic heterocycles. The Balaban J connectivity index is 1.97. The Labute approximate surface area is 85.6 Å². The summed E-state index contributed by atoms with van der Waals surface area (Å²) < 4.78 is 0. The van der Waals surface area contributed by atoms with Gasteiger partial charge < -0.3 is 10.6 Å². The standard InChI is InChI=1S/C11H20N2O/c1-9(12)10(14)13-7-6-11(8-13)4-2-3-5-11/h9H,2-8,12H2,1H3/t9-/m1/s1. The lowest BCUT2D eigenvalue weighted by Gasteiger charge is -2.24. The zero-order valence-electron chi connectivity index (χ0n) is 8.96. The second-order valence-electron chi connectivity index (χ2n) is 5.01. The van der Waals surface area contributed by atoms with E-state index in [4.69, 9.17) is 5.73 Å². The molecule has 0 unspecified atom stereocenters. The summed E-state index contributed by atoms with van der Waals surface area (Å²) >= 11 is 0. The van der Waals surface area contributed by atoms with Gasteiger partial charge in [0.1, 0.15) is 0 Å². The molecule has 0 bridgehead atoms. The van der Waals surface area contributed by atoms with Gasteiger partial charge in [0, 0.05) is 13.1 Å². The molecule has 3 nitrogen and oxygen atoms in total. The van der Waals surface area contributed by atoms with Crippen LogP contribution in [0.3, 0.4) is 0 Å². The fourth-order valence-electron chi connectivity index (χ4n) is 2.94. The number of nitrogens with zero attached hydrogens (tertiary/aromatic N) is 1. The van der Waals surface area contributed by atoms with E-state index in [0.29, 0.717) is 5.41 Å². The fraction of sp³-hybridized carbons (Fsp3) is 0.909. The fourth-order valence-corrected chi connectivity index (χ4v) is 2.94. The van der Waals surface area contributed by atoms with Crippen LogP contribution in [0, 0.1) is 5.41 Å². The van der Waals surface area contributed by atoms with Gasteiger partial charge in [0.15, 0.2) is 0 Å². The van der Waals surface area contributed by atoms with Gasteiger partial charge in [0.05, 0.1) is 6.04 Å². The minimum Gasteiger partial charge on any atom is -0.341 e. The molecule has 80 valence electrons. The maximum absolute atomic E-state index is 11.7. The number of likely N-dealkylation sites (tertiary alicyclic amines) is 1. The third-order valence-electron chi connectivity index (χ3n) is 3.80. The summed E-state index contributed by atoms with van der Waals surface area (Å²) in [5, 5.41) is 0. The first-order valence-corrected chi connectivity index (χ1v) is 5.67. The second kappa shape index (κ2) is 3.54. The SMILES string of the molecule is C[C@@H](N)C(=O)N1CCC2(CCCC2)C1. The lowest BCUT2D eigenvalue weighted by Crippen LogP contribution is -2.41. The van der Waals surface area contributed by atoms with Gasteiger partial charge in [-0.1, -0.05) is 12.8 Å². The largest absolute Gasteiger partial charge is 0.341 e. The Kier molecular flexibility index (Phi) is 2.52. The molecule has 1 atom stereocenters. The summed E-state index contributed by atoms with van der Waals surface area (Å²) in [6.45, 7) is 3.68. The van der Waals surface area contributed by atoms with Crippen molar-refractivity contribution in [3.63, 3.8) is 0 Å². The third-order valence-corrected chi connectivity index (χ3v) is 3.80. The Morgan fingerprint density at radius 2 is 2.00 bits per heavy atom. The predicted octanol–water partition coefficient (Wildman–Crippen LogP) is 1.13. The van der Waals surface area contributed by atoms with Crippen molar-refractivity contribution >= 4 is 5.91 Å². The van der Waals surface area contributed by atoms with Crippen molar-refractivity contribution in [2.75, 3.05) is 13.1 Å². The summed E-state index contributed by atoms with van der Waals surface area (Å²) in [6.07, 6.45) is 6.53. The average molecular weight is 196 g/mol. The summed E-state index contributed by atoms with van der Waals surface area (Å²) in [7, 11) is 0. The highest BCUT2D eigenvalue weighted by Crippen LogP contribution is 2.45. The van der Waals surface area contributed by atoms with Gasteiger partial charge in [0.2, 0.25) is 5.91 Å². The van der Waals surface area contributed by atoms with E-state index in [-0.39, 0.29) is 11.9 Å². The van der Waals surface area contributed by atoms with Gasteiger partial charge >= 0.3 is 0 Å². The van der Waals surface area contributed by atoms with E-state index in [1.54, 1.807) is 6.92 Å². The van der Waals surface area contributed by atoms with Crippen molar-refractivity contribution in [1.29, 1.82) is 0 Å². The lowest BCUT2D eigenvalue weighted by atomic mass is 9.86. The lowest BCUT2D eigenvalue weighted by molar-refractivity contribution is -0.131. The van der Waals surface area contributed by atoms with Gasteiger partial charge in [-0.05, 0) is 31.6 Å².